The van der Waals surface area contributed by atoms with E-state index >= 15 is 0 Å². The Labute approximate surface area is 284 Å². The van der Waals surface area contributed by atoms with Crippen LogP contribution in [0.2, 0.25) is 0 Å². The molecule has 5 rings (SSSR count). The second kappa shape index (κ2) is 20.0. The summed E-state index contributed by atoms with van der Waals surface area (Å²) in [5.41, 5.74) is 4.75. The van der Waals surface area contributed by atoms with E-state index in [9.17, 15) is 14.4 Å². The molecule has 2 fully saturated rings. The molecule has 2 aromatic carbocycles. The number of carbonyl (C=O) groups is 4. The zero-order valence-corrected chi connectivity index (χ0v) is 27.5. The molecule has 41 heavy (non-hydrogen) atoms. The fourth-order valence-corrected chi connectivity index (χ4v) is 4.68. The Hall–Kier alpha value is -1.96. The minimum atomic E-state index is -0.649. The monoisotopic (exact) mass is 588 g/mol. The van der Waals surface area contributed by atoms with Gasteiger partial charge < -0.3 is 36.8 Å². The van der Waals surface area contributed by atoms with Gasteiger partial charge in [-0.05, 0) is 41.0 Å². The van der Waals surface area contributed by atoms with Gasteiger partial charge in [0.2, 0.25) is 11.8 Å². The third kappa shape index (κ3) is 11.7. The number of carbonyl (C=O) groups excluding carboxylic acids is 4. The van der Waals surface area contributed by atoms with Crippen LogP contribution in [0.1, 0.15) is 44.2 Å². The Morgan fingerprint density at radius 3 is 1.78 bits per heavy atom. The Kier molecular flexibility index (Phi) is 18.1. The maximum absolute atomic E-state index is 12.0. The smallest absolute Gasteiger partial charge is 1.00 e. The van der Waals surface area contributed by atoms with Gasteiger partial charge in [-0.25, -0.2) is 4.79 Å². The van der Waals surface area contributed by atoms with E-state index in [1.807, 2.05) is 24.3 Å². The molecule has 3 aliphatic rings. The van der Waals surface area contributed by atoms with Crippen molar-refractivity contribution in [2.24, 2.45) is 11.8 Å². The molecule has 212 valence electrons. The molecule has 0 bridgehead atoms. The second-order valence-corrected chi connectivity index (χ2v) is 9.39. The van der Waals surface area contributed by atoms with Crippen LogP contribution >= 0.6 is 0 Å². The average Bonchev–Trinajstić information content (AvgIpc) is 3.30. The molecule has 2 atom stereocenters. The summed E-state index contributed by atoms with van der Waals surface area (Å²) in [7, 11) is 0. The van der Waals surface area contributed by atoms with Gasteiger partial charge in [-0.2, -0.15) is 0 Å². The van der Waals surface area contributed by atoms with Crippen LogP contribution in [0.15, 0.2) is 48.5 Å². The first-order chi connectivity index (χ1) is 19.0. The standard InChI is InChI=1S/C21H21NO4.C6H11NO2.CH2O3.2Na.H/c23-20-10-9-14(11-22-20)12-25-21(24)26-13-19-17-7-3-1-5-15(17)16-6-2-4-8-18(16)19;8-4-5-1-2-6(9)7-3-5;2-1-4-3;;;/h1-8,14,19H,9-13H2,(H,22,23);5,8H,1-4H2,(H,7,9);1,3H;;;/q;;;2*+1;-1/p-1. The molecule has 11 nitrogen and oxygen atoms in total. The summed E-state index contributed by atoms with van der Waals surface area (Å²) < 4.78 is 10.6. The van der Waals surface area contributed by atoms with Gasteiger partial charge in [0, 0.05) is 44.4 Å². The maximum Gasteiger partial charge on any atom is 1.00 e. The van der Waals surface area contributed by atoms with Crippen molar-refractivity contribution in [2.75, 3.05) is 32.9 Å². The Morgan fingerprint density at radius 1 is 0.878 bits per heavy atom. The summed E-state index contributed by atoms with van der Waals surface area (Å²) in [6, 6.07) is 16.4. The number of rotatable bonds is 6. The first-order valence-corrected chi connectivity index (χ1v) is 12.8. The first kappa shape index (κ1) is 37.1. The normalized spacial score (nSPS) is 18.4. The van der Waals surface area contributed by atoms with Crippen molar-refractivity contribution >= 4 is 24.4 Å². The molecule has 0 saturated carbocycles. The van der Waals surface area contributed by atoms with Gasteiger partial charge in [0.25, 0.3) is 6.47 Å². The number of ether oxygens (including phenoxy) is 2. The summed E-state index contributed by atoms with van der Waals surface area (Å²) in [6.07, 6.45) is 1.98. The van der Waals surface area contributed by atoms with Crippen molar-refractivity contribution in [3.63, 3.8) is 0 Å². The van der Waals surface area contributed by atoms with E-state index in [2.05, 4.69) is 39.8 Å². The molecule has 2 aliphatic heterocycles. The minimum absolute atomic E-state index is 0. The number of hydrogen-bond acceptors (Lipinski definition) is 9. The summed E-state index contributed by atoms with van der Waals surface area (Å²) >= 11 is 0. The predicted octanol–water partition coefficient (Wildman–Crippen LogP) is -4.46. The van der Waals surface area contributed by atoms with Gasteiger partial charge in [-0.15, -0.1) is 0 Å². The van der Waals surface area contributed by atoms with Crippen LogP contribution in [0.3, 0.4) is 0 Å². The molecule has 2 aromatic rings. The number of fused-ring (bicyclic) bond motifs is 3. The van der Waals surface area contributed by atoms with Gasteiger partial charge >= 0.3 is 65.3 Å². The van der Waals surface area contributed by atoms with Crippen molar-refractivity contribution in [3.05, 3.63) is 59.7 Å². The van der Waals surface area contributed by atoms with Gasteiger partial charge in [0.15, 0.2) is 0 Å². The molecule has 13 heteroatoms. The topological polar surface area (TPSA) is 163 Å². The fourth-order valence-electron chi connectivity index (χ4n) is 4.68. The third-order valence-corrected chi connectivity index (χ3v) is 6.80. The molecule has 2 saturated heterocycles. The Morgan fingerprint density at radius 2 is 1.34 bits per heavy atom. The minimum Gasteiger partial charge on any atom is -1.00 e. The molecule has 2 amide bonds. The van der Waals surface area contributed by atoms with Gasteiger partial charge in [0.05, 0.1) is 6.61 Å². The Bertz CT molecular complexity index is 1080. The molecular formula is C28H34N2Na2O9. The third-order valence-electron chi connectivity index (χ3n) is 6.80. The largest absolute Gasteiger partial charge is 1.00 e. The van der Waals surface area contributed by atoms with Gasteiger partial charge in [0.1, 0.15) is 6.61 Å². The zero-order chi connectivity index (χ0) is 28.0. The van der Waals surface area contributed by atoms with Crippen LogP contribution in [-0.4, -0.2) is 62.5 Å². The van der Waals surface area contributed by atoms with Crippen molar-refractivity contribution < 1.29 is 104 Å². The summed E-state index contributed by atoms with van der Waals surface area (Å²) in [6.45, 7) is 1.75. The van der Waals surface area contributed by atoms with E-state index in [0.29, 0.717) is 31.8 Å². The number of nitrogens with one attached hydrogen (secondary N) is 2. The van der Waals surface area contributed by atoms with E-state index < -0.39 is 6.16 Å². The van der Waals surface area contributed by atoms with E-state index in [-0.39, 0.29) is 110 Å². The Balaban J connectivity index is 0.000000887. The summed E-state index contributed by atoms with van der Waals surface area (Å²) in [4.78, 5) is 44.9. The fraction of sp³-hybridized carbons (Fsp3) is 0.429. The van der Waals surface area contributed by atoms with Crippen molar-refractivity contribution in [1.29, 1.82) is 0 Å². The first-order valence-electron chi connectivity index (χ1n) is 12.8. The maximum atomic E-state index is 12.0. The van der Waals surface area contributed by atoms with Crippen LogP contribution in [0.5, 0.6) is 0 Å². The number of aliphatic hydroxyl groups is 1. The van der Waals surface area contributed by atoms with Crippen molar-refractivity contribution in [1.82, 2.24) is 10.6 Å². The van der Waals surface area contributed by atoms with E-state index in [0.717, 1.165) is 12.8 Å². The van der Waals surface area contributed by atoms with E-state index in [1.54, 1.807) is 0 Å². The number of benzene rings is 2. The second-order valence-electron chi connectivity index (χ2n) is 9.39. The van der Waals surface area contributed by atoms with Crippen LogP contribution in [-0.2, 0) is 28.7 Å². The summed E-state index contributed by atoms with van der Waals surface area (Å²) in [5, 5.41) is 22.5. The summed E-state index contributed by atoms with van der Waals surface area (Å²) in [5.74, 6) is 0.655. The quantitative estimate of drug-likeness (QED) is 0.0993. The molecule has 3 N–H and O–H groups in total. The molecule has 0 aromatic heterocycles. The molecule has 2 unspecified atom stereocenters. The van der Waals surface area contributed by atoms with Crippen molar-refractivity contribution in [2.45, 2.75) is 31.6 Å². The molecule has 0 spiro atoms. The average molecular weight is 589 g/mol. The number of amides is 2. The van der Waals surface area contributed by atoms with E-state index in [1.165, 1.54) is 22.3 Å². The molecule has 1 aliphatic carbocycles. The van der Waals surface area contributed by atoms with Crippen LogP contribution in [0.4, 0.5) is 4.79 Å². The van der Waals surface area contributed by atoms with Crippen LogP contribution in [0.25, 0.3) is 11.1 Å². The SMILES string of the molecule is O=C1CCC(CO)CN1.O=C1CCC(COC(=O)OCC2c3ccccc3-c3ccccc32)CN1.O=CO[O-].[H-].[Na+].[Na+]. The number of aliphatic hydroxyl groups excluding tert-OH is 1. The van der Waals surface area contributed by atoms with Crippen LogP contribution in [0, 0.1) is 11.8 Å². The number of hydrogen-bond donors (Lipinski definition) is 3. The molecule has 0 radical (unpaired) electrons. The van der Waals surface area contributed by atoms with Gasteiger partial charge in [-0.3, -0.25) is 14.4 Å². The number of piperidine rings is 2. The molecule has 2 heterocycles. The van der Waals surface area contributed by atoms with E-state index in [4.69, 9.17) is 24.6 Å². The zero-order valence-electron chi connectivity index (χ0n) is 24.5. The van der Waals surface area contributed by atoms with Gasteiger partial charge in [-0.1, -0.05) is 48.5 Å². The van der Waals surface area contributed by atoms with Crippen molar-refractivity contribution in [3.8, 4) is 11.1 Å². The predicted molar refractivity (Wildman–Crippen MR) is 138 cm³/mol. The van der Waals surface area contributed by atoms with Crippen LogP contribution < -0.4 is 75.0 Å². The molecular weight excluding hydrogens is 554 g/mol.